The van der Waals surface area contributed by atoms with Gasteiger partial charge in [-0.25, -0.2) is 4.52 Å². The standard InChI is InChI=1S/C19H21N5O2/c1-26-18-4-2-3-17-16(13-21-24(17)18)19(25)22-14-5-7-15(8-6-14)23-11-9-20-10-12-23/h2-8,13,20H,9-12H2,1H3,(H,22,25). The maximum Gasteiger partial charge on any atom is 0.259 e. The van der Waals surface area contributed by atoms with Gasteiger partial charge in [-0.05, 0) is 30.3 Å². The van der Waals surface area contributed by atoms with Crippen molar-refractivity contribution in [2.45, 2.75) is 0 Å². The molecule has 7 nitrogen and oxygen atoms in total. The average molecular weight is 351 g/mol. The number of hydrogen-bond acceptors (Lipinski definition) is 5. The van der Waals surface area contributed by atoms with Gasteiger partial charge < -0.3 is 20.3 Å². The predicted octanol–water partition coefficient (Wildman–Crippen LogP) is 2.00. The summed E-state index contributed by atoms with van der Waals surface area (Å²) in [5, 5.41) is 10.5. The SMILES string of the molecule is COc1cccc2c(C(=O)Nc3ccc(N4CCNCC4)cc3)cnn12. The Bertz CT molecular complexity index is 913. The zero-order valence-corrected chi connectivity index (χ0v) is 14.6. The maximum atomic E-state index is 12.7. The van der Waals surface area contributed by atoms with Gasteiger partial charge in [0.05, 0.1) is 24.4 Å². The lowest BCUT2D eigenvalue weighted by Crippen LogP contribution is -2.43. The molecule has 1 amide bonds. The van der Waals surface area contributed by atoms with Gasteiger partial charge in [0.15, 0.2) is 0 Å². The number of ether oxygens (including phenoxy) is 1. The van der Waals surface area contributed by atoms with E-state index in [0.29, 0.717) is 17.0 Å². The molecule has 134 valence electrons. The first-order valence-electron chi connectivity index (χ1n) is 8.64. The van der Waals surface area contributed by atoms with E-state index in [2.05, 4.69) is 20.6 Å². The van der Waals surface area contributed by atoms with Crippen molar-refractivity contribution < 1.29 is 9.53 Å². The van der Waals surface area contributed by atoms with Crippen LogP contribution in [-0.2, 0) is 0 Å². The summed E-state index contributed by atoms with van der Waals surface area (Å²) in [5.74, 6) is 0.394. The summed E-state index contributed by atoms with van der Waals surface area (Å²) in [4.78, 5) is 15.0. The zero-order chi connectivity index (χ0) is 17.9. The molecule has 2 N–H and O–H groups in total. The Morgan fingerprint density at radius 3 is 2.65 bits per heavy atom. The van der Waals surface area contributed by atoms with Gasteiger partial charge >= 0.3 is 0 Å². The Hall–Kier alpha value is -3.06. The van der Waals surface area contributed by atoms with E-state index in [1.807, 2.05) is 36.4 Å². The lowest BCUT2D eigenvalue weighted by Gasteiger charge is -2.29. The molecule has 3 heterocycles. The number of benzene rings is 1. The molecule has 0 aliphatic carbocycles. The lowest BCUT2D eigenvalue weighted by molar-refractivity contribution is 0.102. The number of carbonyl (C=O) groups excluding carboxylic acids is 1. The van der Waals surface area contributed by atoms with Gasteiger partial charge in [0, 0.05) is 43.6 Å². The lowest BCUT2D eigenvalue weighted by atomic mass is 10.2. The number of methoxy groups -OCH3 is 1. The molecule has 0 saturated carbocycles. The smallest absolute Gasteiger partial charge is 0.259 e. The first-order valence-corrected chi connectivity index (χ1v) is 8.64. The molecule has 1 aliphatic heterocycles. The van der Waals surface area contributed by atoms with Crippen molar-refractivity contribution in [3.63, 3.8) is 0 Å². The van der Waals surface area contributed by atoms with Gasteiger partial charge in [-0.15, -0.1) is 0 Å². The van der Waals surface area contributed by atoms with Crippen molar-refractivity contribution in [2.75, 3.05) is 43.5 Å². The van der Waals surface area contributed by atoms with Crippen LogP contribution in [0.4, 0.5) is 11.4 Å². The highest BCUT2D eigenvalue weighted by Gasteiger charge is 2.15. The first-order chi connectivity index (χ1) is 12.8. The Balaban J connectivity index is 1.51. The van der Waals surface area contributed by atoms with E-state index < -0.39 is 0 Å². The normalized spacial score (nSPS) is 14.4. The van der Waals surface area contributed by atoms with E-state index in [9.17, 15) is 4.79 Å². The second-order valence-electron chi connectivity index (χ2n) is 6.16. The van der Waals surface area contributed by atoms with Crippen LogP contribution in [0.2, 0.25) is 0 Å². The molecular formula is C19H21N5O2. The van der Waals surface area contributed by atoms with E-state index >= 15 is 0 Å². The van der Waals surface area contributed by atoms with Crippen molar-refractivity contribution in [1.82, 2.24) is 14.9 Å². The number of pyridine rings is 1. The number of anilines is 2. The second-order valence-corrected chi connectivity index (χ2v) is 6.16. The molecule has 0 atom stereocenters. The van der Waals surface area contributed by atoms with Crippen LogP contribution in [0.3, 0.4) is 0 Å². The summed E-state index contributed by atoms with van der Waals surface area (Å²) >= 11 is 0. The number of piperazine rings is 1. The molecule has 1 aromatic carbocycles. The summed E-state index contributed by atoms with van der Waals surface area (Å²) in [6.07, 6.45) is 1.56. The van der Waals surface area contributed by atoms with Crippen LogP contribution >= 0.6 is 0 Å². The fourth-order valence-corrected chi connectivity index (χ4v) is 3.19. The molecule has 1 aliphatic rings. The number of carbonyl (C=O) groups is 1. The molecule has 0 bridgehead atoms. The van der Waals surface area contributed by atoms with Crippen LogP contribution in [0, 0.1) is 0 Å². The number of nitrogens with zero attached hydrogens (tertiary/aromatic N) is 3. The third kappa shape index (κ3) is 3.09. The molecule has 4 rings (SSSR count). The van der Waals surface area contributed by atoms with E-state index in [1.54, 1.807) is 23.9 Å². The van der Waals surface area contributed by atoms with Gasteiger partial charge in [-0.1, -0.05) is 6.07 Å². The summed E-state index contributed by atoms with van der Waals surface area (Å²) in [5.41, 5.74) is 3.15. The van der Waals surface area contributed by atoms with Gasteiger partial charge in [-0.3, -0.25) is 4.79 Å². The number of aromatic nitrogens is 2. The van der Waals surface area contributed by atoms with E-state index in [1.165, 1.54) is 5.69 Å². The summed E-state index contributed by atoms with van der Waals surface area (Å²) in [6.45, 7) is 3.99. The number of amides is 1. The van der Waals surface area contributed by atoms with Crippen molar-refractivity contribution in [3.05, 3.63) is 54.2 Å². The topological polar surface area (TPSA) is 70.9 Å². The van der Waals surface area contributed by atoms with E-state index in [0.717, 1.165) is 31.9 Å². The first kappa shape index (κ1) is 16.4. The molecular weight excluding hydrogens is 330 g/mol. The molecule has 0 radical (unpaired) electrons. The van der Waals surface area contributed by atoms with Crippen molar-refractivity contribution >= 4 is 22.8 Å². The van der Waals surface area contributed by atoms with Crippen molar-refractivity contribution in [2.24, 2.45) is 0 Å². The van der Waals surface area contributed by atoms with Crippen molar-refractivity contribution in [3.8, 4) is 5.88 Å². The monoisotopic (exact) mass is 351 g/mol. The zero-order valence-electron chi connectivity index (χ0n) is 14.6. The highest BCUT2D eigenvalue weighted by atomic mass is 16.5. The highest BCUT2D eigenvalue weighted by Crippen LogP contribution is 2.21. The van der Waals surface area contributed by atoms with Gasteiger partial charge in [0.1, 0.15) is 0 Å². The van der Waals surface area contributed by atoms with E-state index in [4.69, 9.17) is 4.74 Å². The van der Waals surface area contributed by atoms with Crippen LogP contribution in [0.15, 0.2) is 48.7 Å². The third-order valence-corrected chi connectivity index (χ3v) is 4.57. The molecule has 1 fully saturated rings. The predicted molar refractivity (Wildman–Crippen MR) is 101 cm³/mol. The number of fused-ring (bicyclic) bond motifs is 1. The van der Waals surface area contributed by atoms with Crippen LogP contribution in [-0.4, -0.2) is 48.8 Å². The molecule has 26 heavy (non-hydrogen) atoms. The van der Waals surface area contributed by atoms with Crippen LogP contribution < -0.4 is 20.3 Å². The Morgan fingerprint density at radius 2 is 1.92 bits per heavy atom. The minimum atomic E-state index is -0.192. The summed E-state index contributed by atoms with van der Waals surface area (Å²) in [7, 11) is 1.58. The van der Waals surface area contributed by atoms with Gasteiger partial charge in [0.2, 0.25) is 5.88 Å². The number of hydrogen-bond donors (Lipinski definition) is 2. The van der Waals surface area contributed by atoms with Crippen LogP contribution in [0.1, 0.15) is 10.4 Å². The third-order valence-electron chi connectivity index (χ3n) is 4.57. The maximum absolute atomic E-state index is 12.7. The fraction of sp³-hybridized carbons (Fsp3) is 0.263. The minimum absolute atomic E-state index is 0.192. The number of rotatable bonds is 4. The largest absolute Gasteiger partial charge is 0.481 e. The van der Waals surface area contributed by atoms with Crippen LogP contribution in [0.5, 0.6) is 5.88 Å². The average Bonchev–Trinajstić information content (AvgIpc) is 3.13. The molecule has 1 saturated heterocycles. The van der Waals surface area contributed by atoms with Gasteiger partial charge in [0.25, 0.3) is 5.91 Å². The molecule has 3 aromatic rings. The summed E-state index contributed by atoms with van der Waals surface area (Å²) < 4.78 is 6.88. The summed E-state index contributed by atoms with van der Waals surface area (Å²) in [6, 6.07) is 13.4. The Labute approximate surface area is 151 Å². The fourth-order valence-electron chi connectivity index (χ4n) is 3.19. The Morgan fingerprint density at radius 1 is 1.15 bits per heavy atom. The highest BCUT2D eigenvalue weighted by molar-refractivity contribution is 6.08. The number of nitrogens with one attached hydrogen (secondary N) is 2. The second kappa shape index (κ2) is 7.05. The molecule has 0 unspecified atom stereocenters. The minimum Gasteiger partial charge on any atom is -0.481 e. The van der Waals surface area contributed by atoms with Crippen molar-refractivity contribution in [1.29, 1.82) is 0 Å². The van der Waals surface area contributed by atoms with Crippen LogP contribution in [0.25, 0.3) is 5.52 Å². The molecule has 0 spiro atoms. The quantitative estimate of drug-likeness (QED) is 0.752. The molecule has 2 aromatic heterocycles. The van der Waals surface area contributed by atoms with E-state index in [-0.39, 0.29) is 5.91 Å². The molecule has 7 heteroatoms. The Kier molecular flexibility index (Phi) is 4.45. The van der Waals surface area contributed by atoms with Gasteiger partial charge in [-0.2, -0.15) is 5.10 Å².